The monoisotopic (exact) mass is 519 g/mol. The molecule has 4 rings (SSSR count). The van der Waals surface area contributed by atoms with Gasteiger partial charge in [-0.25, -0.2) is 4.98 Å². The van der Waals surface area contributed by atoms with Crippen LogP contribution in [0.25, 0.3) is 10.2 Å². The first kappa shape index (κ1) is 22.0. The second-order valence-corrected chi connectivity index (χ2v) is 9.70. The summed E-state index contributed by atoms with van der Waals surface area (Å²) in [5.41, 5.74) is 8.38. The van der Waals surface area contributed by atoms with Crippen molar-refractivity contribution in [2.75, 3.05) is 12.4 Å². The molecule has 1 aliphatic rings. The second-order valence-electron chi connectivity index (χ2n) is 6.43. The normalized spacial score (nSPS) is 21.6. The Balaban J connectivity index is 0.00000225. The Hall–Kier alpha value is -0.670. The zero-order valence-electron chi connectivity index (χ0n) is 15.0. The molecule has 1 aliphatic carbocycles. The van der Waals surface area contributed by atoms with Gasteiger partial charge < -0.3 is 15.8 Å². The Morgan fingerprint density at radius 3 is 3.00 bits per heavy atom. The Bertz CT molecular complexity index is 977. The molecule has 4 nitrogen and oxygen atoms in total. The third kappa shape index (κ3) is 4.26. The number of thiophene rings is 2. The first-order valence-corrected chi connectivity index (χ1v) is 11.4. The number of aromatic nitrogens is 1. The summed E-state index contributed by atoms with van der Waals surface area (Å²) in [6.07, 6.45) is 5.01. The quantitative estimate of drug-likeness (QED) is 0.311. The molecule has 9 heteroatoms. The number of methoxy groups -OCH3 is 1. The van der Waals surface area contributed by atoms with E-state index in [4.69, 9.17) is 22.1 Å². The zero-order valence-corrected chi connectivity index (χ0v) is 19.8. The summed E-state index contributed by atoms with van der Waals surface area (Å²) in [6, 6.07) is 5.97. The van der Waals surface area contributed by atoms with E-state index in [0.29, 0.717) is 5.15 Å². The highest BCUT2D eigenvalue weighted by molar-refractivity contribution is 9.10. The Kier molecular flexibility index (Phi) is 7.42. The summed E-state index contributed by atoms with van der Waals surface area (Å²) in [7, 11) is 1.70. The number of rotatable bonds is 5. The molecule has 150 valence electrons. The van der Waals surface area contributed by atoms with Crippen molar-refractivity contribution in [3.05, 3.63) is 55.1 Å². The van der Waals surface area contributed by atoms with Crippen molar-refractivity contribution in [2.45, 2.75) is 31.0 Å². The molecule has 3 aromatic rings. The maximum Gasteiger partial charge on any atom is 0.131 e. The van der Waals surface area contributed by atoms with E-state index in [0.717, 1.165) is 33.3 Å². The van der Waals surface area contributed by atoms with Crippen molar-refractivity contribution in [3.63, 3.8) is 0 Å². The minimum atomic E-state index is -0.0950. The number of halogens is 3. The van der Waals surface area contributed by atoms with E-state index in [1.54, 1.807) is 29.8 Å². The van der Waals surface area contributed by atoms with Gasteiger partial charge in [-0.3, -0.25) is 0 Å². The van der Waals surface area contributed by atoms with E-state index in [9.17, 15) is 0 Å². The molecular formula is C19H20BrCl2N3OS2. The van der Waals surface area contributed by atoms with E-state index in [-0.39, 0.29) is 30.5 Å². The van der Waals surface area contributed by atoms with Gasteiger partial charge in [-0.15, -0.1) is 35.1 Å². The highest BCUT2D eigenvalue weighted by Gasteiger charge is 2.32. The number of nitrogens with two attached hydrogens (primary N) is 1. The molecule has 3 atom stereocenters. The van der Waals surface area contributed by atoms with Crippen LogP contribution in [0.3, 0.4) is 0 Å². The summed E-state index contributed by atoms with van der Waals surface area (Å²) in [5.74, 6) is 0.178. The molecule has 0 saturated heterocycles. The van der Waals surface area contributed by atoms with Crippen LogP contribution in [0.4, 0.5) is 5.69 Å². The molecule has 0 saturated carbocycles. The van der Waals surface area contributed by atoms with Crippen molar-refractivity contribution < 1.29 is 4.74 Å². The number of nitrogens with one attached hydrogen (secondary N) is 1. The van der Waals surface area contributed by atoms with Gasteiger partial charge in [0, 0.05) is 41.4 Å². The topological polar surface area (TPSA) is 60.2 Å². The van der Waals surface area contributed by atoms with E-state index in [2.05, 4.69) is 49.8 Å². The van der Waals surface area contributed by atoms with Crippen LogP contribution in [-0.2, 0) is 11.3 Å². The SMILES string of the molecule is CO[C@H]1C=CC[C@@H](c2sc3c(NCc4cccs4)cc(Cl)nc3c2Br)[C@@H]1N.Cl. The second kappa shape index (κ2) is 9.43. The first-order valence-electron chi connectivity index (χ1n) is 8.58. The maximum atomic E-state index is 6.50. The Morgan fingerprint density at radius 1 is 1.46 bits per heavy atom. The number of ether oxygens (including phenoxy) is 1. The number of anilines is 1. The number of pyridine rings is 1. The largest absolute Gasteiger partial charge is 0.379 e. The summed E-state index contributed by atoms with van der Waals surface area (Å²) in [6.45, 7) is 0.759. The third-order valence-electron chi connectivity index (χ3n) is 4.78. The van der Waals surface area contributed by atoms with Gasteiger partial charge in [0.15, 0.2) is 0 Å². The molecule has 3 aromatic heterocycles. The number of hydrogen-bond donors (Lipinski definition) is 2. The van der Waals surface area contributed by atoms with Gasteiger partial charge in [-0.1, -0.05) is 29.8 Å². The van der Waals surface area contributed by atoms with Crippen LogP contribution in [0.2, 0.25) is 5.15 Å². The lowest BCUT2D eigenvalue weighted by atomic mass is 9.86. The minimum Gasteiger partial charge on any atom is -0.379 e. The summed E-state index contributed by atoms with van der Waals surface area (Å²) in [5, 5.41) is 6.07. The number of hydrogen-bond acceptors (Lipinski definition) is 6. The predicted molar refractivity (Wildman–Crippen MR) is 126 cm³/mol. The van der Waals surface area contributed by atoms with Crippen molar-refractivity contribution in [2.24, 2.45) is 5.73 Å². The van der Waals surface area contributed by atoms with E-state index < -0.39 is 0 Å². The van der Waals surface area contributed by atoms with Crippen LogP contribution >= 0.6 is 62.6 Å². The predicted octanol–water partition coefficient (Wildman–Crippen LogP) is 6.19. The number of fused-ring (bicyclic) bond motifs is 1. The van der Waals surface area contributed by atoms with E-state index >= 15 is 0 Å². The summed E-state index contributed by atoms with van der Waals surface area (Å²) < 4.78 is 7.59. The average Bonchev–Trinajstić information content (AvgIpc) is 3.29. The fourth-order valence-electron chi connectivity index (χ4n) is 3.38. The number of nitrogens with zero attached hydrogens (tertiary/aromatic N) is 1. The van der Waals surface area contributed by atoms with Gasteiger partial charge in [0.2, 0.25) is 0 Å². The lowest BCUT2D eigenvalue weighted by Crippen LogP contribution is -2.41. The molecule has 0 unspecified atom stereocenters. The van der Waals surface area contributed by atoms with Crippen molar-refractivity contribution in [1.29, 1.82) is 0 Å². The van der Waals surface area contributed by atoms with Crippen LogP contribution in [-0.4, -0.2) is 24.2 Å². The third-order valence-corrected chi connectivity index (χ3v) is 8.26. The fraction of sp³-hybridized carbons (Fsp3) is 0.316. The Labute approximate surface area is 191 Å². The van der Waals surface area contributed by atoms with E-state index in [1.165, 1.54) is 9.75 Å². The average molecular weight is 521 g/mol. The lowest BCUT2D eigenvalue weighted by Gasteiger charge is -2.30. The van der Waals surface area contributed by atoms with Crippen molar-refractivity contribution in [3.8, 4) is 0 Å². The molecule has 0 aromatic carbocycles. The smallest absolute Gasteiger partial charge is 0.131 e. The van der Waals surface area contributed by atoms with Gasteiger partial charge in [0.05, 0.1) is 26.5 Å². The first-order chi connectivity index (χ1) is 13.1. The molecule has 3 N–H and O–H groups in total. The lowest BCUT2D eigenvalue weighted by molar-refractivity contribution is 0.105. The van der Waals surface area contributed by atoms with Gasteiger partial charge in [0.1, 0.15) is 5.15 Å². The molecule has 0 aliphatic heterocycles. The molecule has 0 radical (unpaired) electrons. The van der Waals surface area contributed by atoms with Gasteiger partial charge in [-0.2, -0.15) is 0 Å². The summed E-state index contributed by atoms with van der Waals surface area (Å²) >= 11 is 13.5. The molecule has 0 bridgehead atoms. The molecule has 0 amide bonds. The highest BCUT2D eigenvalue weighted by Crippen LogP contribution is 2.46. The van der Waals surface area contributed by atoms with Gasteiger partial charge >= 0.3 is 0 Å². The highest BCUT2D eigenvalue weighted by atomic mass is 79.9. The Morgan fingerprint density at radius 2 is 2.29 bits per heavy atom. The molecule has 0 fully saturated rings. The summed E-state index contributed by atoms with van der Waals surface area (Å²) in [4.78, 5) is 7.03. The zero-order chi connectivity index (χ0) is 19.0. The molecule has 3 heterocycles. The maximum absolute atomic E-state index is 6.50. The standard InChI is InChI=1S/C19H19BrClN3OS2.ClH/c1-25-13-6-2-5-11(16(13)22)18-15(20)17-19(27-18)12(8-14(21)24-17)23-9-10-4-3-7-26-10;/h2-4,6-8,11,13,16H,5,9,22H2,1H3,(H,23,24);1H/t11-,13+,16+;/m1./s1. The van der Waals surface area contributed by atoms with Crippen LogP contribution in [0.5, 0.6) is 0 Å². The van der Waals surface area contributed by atoms with Crippen molar-refractivity contribution >= 4 is 78.5 Å². The van der Waals surface area contributed by atoms with Crippen molar-refractivity contribution in [1.82, 2.24) is 4.98 Å². The fourth-order valence-corrected chi connectivity index (χ4v) is 6.47. The van der Waals surface area contributed by atoms with Crippen LogP contribution in [0.1, 0.15) is 22.1 Å². The van der Waals surface area contributed by atoms with Crippen LogP contribution in [0, 0.1) is 0 Å². The van der Waals surface area contributed by atoms with E-state index in [1.807, 2.05) is 12.1 Å². The number of allylic oxidation sites excluding steroid dienone is 1. The molecule has 0 spiro atoms. The van der Waals surface area contributed by atoms with Gasteiger partial charge in [-0.05, 0) is 33.8 Å². The molecule has 28 heavy (non-hydrogen) atoms. The molecular weight excluding hydrogens is 501 g/mol. The van der Waals surface area contributed by atoms with Gasteiger partial charge in [0.25, 0.3) is 0 Å². The minimum absolute atomic E-state index is 0. The van der Waals surface area contributed by atoms with Crippen LogP contribution in [0.15, 0.2) is 40.2 Å². The van der Waals surface area contributed by atoms with Crippen LogP contribution < -0.4 is 11.1 Å².